The molecule has 2 aromatic heterocycles. The fraction of sp³-hybridized carbons (Fsp3) is 0.364. The number of fused-ring (bicyclic) bond motifs is 1. The Kier molecular flexibility index (Phi) is 5.94. The molecule has 6 nitrogen and oxygen atoms in total. The molecule has 0 atom stereocenters. The molecule has 4 rings (SSSR count). The number of hydrogen-bond donors (Lipinski definition) is 1. The van der Waals surface area contributed by atoms with Gasteiger partial charge in [0.2, 0.25) is 5.91 Å². The number of anilines is 1. The van der Waals surface area contributed by atoms with Crippen molar-refractivity contribution in [2.75, 3.05) is 11.1 Å². The lowest BCUT2D eigenvalue weighted by molar-refractivity contribution is -0.113. The van der Waals surface area contributed by atoms with E-state index in [0.29, 0.717) is 17.3 Å². The molecule has 1 fully saturated rings. The number of pyridine rings is 1. The van der Waals surface area contributed by atoms with Crippen LogP contribution in [0.5, 0.6) is 0 Å². The number of Topliss-reactive ketones (excluding diaryl/α,β-unsaturated/α-hetero) is 1. The van der Waals surface area contributed by atoms with E-state index in [0.717, 1.165) is 29.2 Å². The Morgan fingerprint density at radius 2 is 1.90 bits per heavy atom. The summed E-state index contributed by atoms with van der Waals surface area (Å²) in [6.07, 6.45) is 7.78. The Balaban J connectivity index is 1.47. The Bertz CT molecular complexity index is 1020. The first kappa shape index (κ1) is 19.6. The molecule has 1 saturated carbocycles. The number of hydrogen-bond acceptors (Lipinski definition) is 5. The van der Waals surface area contributed by atoms with Gasteiger partial charge in [-0.25, -0.2) is 9.97 Å². The second-order valence-electron chi connectivity index (χ2n) is 7.37. The molecular formula is C22H24N4O2S. The zero-order chi connectivity index (χ0) is 20.2. The number of carbonyl (C=O) groups is 2. The third-order valence-electron chi connectivity index (χ3n) is 5.26. The van der Waals surface area contributed by atoms with E-state index in [-0.39, 0.29) is 17.4 Å². The number of benzene rings is 1. The molecule has 2 heterocycles. The molecule has 0 radical (unpaired) electrons. The molecule has 7 heteroatoms. The topological polar surface area (TPSA) is 76.9 Å². The Morgan fingerprint density at radius 3 is 2.62 bits per heavy atom. The van der Waals surface area contributed by atoms with E-state index < -0.39 is 0 Å². The SMILES string of the molecule is CC(=O)c1ccc(NC(=O)CSc2nc3cccnc3n2C2CCCCC2)cc1. The molecule has 29 heavy (non-hydrogen) atoms. The van der Waals surface area contributed by atoms with Gasteiger partial charge in [0.05, 0.1) is 5.75 Å². The molecule has 150 valence electrons. The minimum Gasteiger partial charge on any atom is -0.325 e. The second-order valence-corrected chi connectivity index (χ2v) is 8.32. The van der Waals surface area contributed by atoms with Crippen LogP contribution in [0.3, 0.4) is 0 Å². The average Bonchev–Trinajstić information content (AvgIpc) is 3.12. The van der Waals surface area contributed by atoms with Gasteiger partial charge in [0.25, 0.3) is 0 Å². The summed E-state index contributed by atoms with van der Waals surface area (Å²) in [6, 6.07) is 11.2. The lowest BCUT2D eigenvalue weighted by Gasteiger charge is -2.24. The summed E-state index contributed by atoms with van der Waals surface area (Å²) in [5, 5.41) is 3.74. The molecule has 1 aliphatic carbocycles. The van der Waals surface area contributed by atoms with Gasteiger partial charge in [-0.1, -0.05) is 31.0 Å². The molecule has 1 N–H and O–H groups in total. The molecule has 1 aliphatic rings. The van der Waals surface area contributed by atoms with E-state index in [9.17, 15) is 9.59 Å². The van der Waals surface area contributed by atoms with Crippen molar-refractivity contribution in [3.05, 3.63) is 48.2 Å². The predicted molar refractivity (Wildman–Crippen MR) is 115 cm³/mol. The first-order chi connectivity index (χ1) is 14.1. The number of nitrogens with one attached hydrogen (secondary N) is 1. The summed E-state index contributed by atoms with van der Waals surface area (Å²) in [6.45, 7) is 1.53. The van der Waals surface area contributed by atoms with Crippen LogP contribution in [0.15, 0.2) is 47.8 Å². The van der Waals surface area contributed by atoms with Crippen LogP contribution in [0.2, 0.25) is 0 Å². The van der Waals surface area contributed by atoms with Gasteiger partial charge < -0.3 is 9.88 Å². The monoisotopic (exact) mass is 408 g/mol. The quantitative estimate of drug-likeness (QED) is 0.465. The number of imidazole rings is 1. The van der Waals surface area contributed by atoms with Gasteiger partial charge in [-0.2, -0.15) is 0 Å². The first-order valence-corrected chi connectivity index (χ1v) is 11.0. The number of rotatable bonds is 6. The summed E-state index contributed by atoms with van der Waals surface area (Å²) < 4.78 is 2.23. The van der Waals surface area contributed by atoms with Gasteiger partial charge in [-0.15, -0.1) is 0 Å². The molecule has 0 aliphatic heterocycles. The van der Waals surface area contributed by atoms with Gasteiger partial charge in [0.1, 0.15) is 5.52 Å². The number of ketones is 1. The Labute approximate surface area is 174 Å². The maximum atomic E-state index is 12.5. The van der Waals surface area contributed by atoms with Gasteiger partial charge in [0.15, 0.2) is 16.6 Å². The van der Waals surface area contributed by atoms with Crippen LogP contribution >= 0.6 is 11.8 Å². The molecule has 0 saturated heterocycles. The third kappa shape index (κ3) is 4.50. The highest BCUT2D eigenvalue weighted by Gasteiger charge is 2.22. The maximum absolute atomic E-state index is 12.5. The van der Waals surface area contributed by atoms with Crippen molar-refractivity contribution >= 4 is 40.3 Å². The lowest BCUT2D eigenvalue weighted by atomic mass is 9.95. The summed E-state index contributed by atoms with van der Waals surface area (Å²) >= 11 is 1.45. The third-order valence-corrected chi connectivity index (χ3v) is 6.22. The van der Waals surface area contributed by atoms with Crippen LogP contribution in [0, 0.1) is 0 Å². The van der Waals surface area contributed by atoms with E-state index in [4.69, 9.17) is 4.98 Å². The highest BCUT2D eigenvalue weighted by molar-refractivity contribution is 7.99. The van der Waals surface area contributed by atoms with E-state index in [1.54, 1.807) is 30.5 Å². The van der Waals surface area contributed by atoms with Crippen LogP contribution in [0.4, 0.5) is 5.69 Å². The average molecular weight is 409 g/mol. The van der Waals surface area contributed by atoms with Crippen LogP contribution < -0.4 is 5.32 Å². The van der Waals surface area contributed by atoms with Crippen LogP contribution in [0.1, 0.15) is 55.4 Å². The van der Waals surface area contributed by atoms with E-state index >= 15 is 0 Å². The van der Waals surface area contributed by atoms with Gasteiger partial charge in [-0.05, 0) is 56.2 Å². The van der Waals surface area contributed by atoms with Crippen LogP contribution in [-0.2, 0) is 4.79 Å². The maximum Gasteiger partial charge on any atom is 0.234 e. The van der Waals surface area contributed by atoms with Crippen molar-refractivity contribution in [2.24, 2.45) is 0 Å². The Hall–Kier alpha value is -2.67. The fourth-order valence-corrected chi connectivity index (χ4v) is 4.66. The van der Waals surface area contributed by atoms with Gasteiger partial charge in [-0.3, -0.25) is 9.59 Å². The number of nitrogens with zero attached hydrogens (tertiary/aromatic N) is 3. The minimum absolute atomic E-state index is 0.00802. The summed E-state index contributed by atoms with van der Waals surface area (Å²) in [7, 11) is 0. The smallest absolute Gasteiger partial charge is 0.234 e. The number of thioether (sulfide) groups is 1. The highest BCUT2D eigenvalue weighted by atomic mass is 32.2. The number of amides is 1. The summed E-state index contributed by atoms with van der Waals surface area (Å²) in [5.41, 5.74) is 3.09. The number of aromatic nitrogens is 3. The zero-order valence-corrected chi connectivity index (χ0v) is 17.2. The molecule has 1 amide bonds. The first-order valence-electron chi connectivity index (χ1n) is 9.98. The Morgan fingerprint density at radius 1 is 1.14 bits per heavy atom. The van der Waals surface area contributed by atoms with Gasteiger partial charge >= 0.3 is 0 Å². The molecule has 0 bridgehead atoms. The van der Waals surface area contributed by atoms with Crippen molar-refractivity contribution in [3.8, 4) is 0 Å². The largest absolute Gasteiger partial charge is 0.325 e. The van der Waals surface area contributed by atoms with Crippen molar-refractivity contribution < 1.29 is 9.59 Å². The minimum atomic E-state index is -0.0965. The molecule has 0 unspecified atom stereocenters. The van der Waals surface area contributed by atoms with E-state index in [2.05, 4.69) is 14.9 Å². The van der Waals surface area contributed by atoms with Crippen LogP contribution in [0.25, 0.3) is 11.2 Å². The zero-order valence-electron chi connectivity index (χ0n) is 16.4. The fourth-order valence-electron chi connectivity index (χ4n) is 3.79. The standard InChI is InChI=1S/C22H24N4O2S/c1-15(27)16-9-11-17(12-10-16)24-20(28)14-29-22-25-19-8-5-13-23-21(19)26(22)18-6-3-2-4-7-18/h5,8-13,18H,2-4,6-7,14H2,1H3,(H,24,28). The van der Waals surface area contributed by atoms with Crippen molar-refractivity contribution in [3.63, 3.8) is 0 Å². The summed E-state index contributed by atoms with van der Waals surface area (Å²) in [4.78, 5) is 33.1. The lowest BCUT2D eigenvalue weighted by Crippen LogP contribution is -2.17. The second kappa shape index (κ2) is 8.78. The van der Waals surface area contributed by atoms with Crippen molar-refractivity contribution in [2.45, 2.75) is 50.2 Å². The predicted octanol–water partition coefficient (Wildman–Crippen LogP) is 4.87. The van der Waals surface area contributed by atoms with E-state index in [1.165, 1.54) is 37.9 Å². The van der Waals surface area contributed by atoms with Crippen molar-refractivity contribution in [1.29, 1.82) is 0 Å². The molecule has 1 aromatic carbocycles. The molecule has 3 aromatic rings. The highest BCUT2D eigenvalue weighted by Crippen LogP contribution is 2.34. The van der Waals surface area contributed by atoms with Crippen molar-refractivity contribution in [1.82, 2.24) is 14.5 Å². The normalized spacial score (nSPS) is 14.8. The molecule has 0 spiro atoms. The number of carbonyl (C=O) groups excluding carboxylic acids is 2. The molecular weight excluding hydrogens is 384 g/mol. The van der Waals surface area contributed by atoms with E-state index in [1.807, 2.05) is 12.1 Å². The van der Waals surface area contributed by atoms with Gasteiger partial charge in [0, 0.05) is 23.5 Å². The summed E-state index contributed by atoms with van der Waals surface area (Å²) in [5.74, 6) is 0.180. The van der Waals surface area contributed by atoms with Crippen LogP contribution in [-0.4, -0.2) is 32.0 Å².